The highest BCUT2D eigenvalue weighted by Gasteiger charge is 2.39. The molecule has 0 aromatic heterocycles. The van der Waals surface area contributed by atoms with Gasteiger partial charge in [0, 0.05) is 54.5 Å². The van der Waals surface area contributed by atoms with Crippen molar-refractivity contribution < 1.29 is 33.9 Å². The Kier molecular flexibility index (Phi) is 12.4. The smallest absolute Gasteiger partial charge is 0.212 e. The summed E-state index contributed by atoms with van der Waals surface area (Å²) in [6.45, 7) is 16.0. The number of methoxy groups -OCH3 is 3. The van der Waals surface area contributed by atoms with Crippen LogP contribution in [-0.2, 0) is 19.3 Å². The molecule has 0 fully saturated rings. The number of benzene rings is 3. The van der Waals surface area contributed by atoms with E-state index in [4.69, 9.17) is 23.7 Å². The van der Waals surface area contributed by atoms with Crippen molar-refractivity contribution >= 4 is 0 Å². The van der Waals surface area contributed by atoms with Crippen LogP contribution in [0.3, 0.4) is 0 Å². The van der Waals surface area contributed by atoms with Crippen molar-refractivity contribution in [2.24, 2.45) is 17.8 Å². The minimum absolute atomic E-state index is 0.00281. The molecule has 3 aliphatic rings. The topological polar surface area (TPSA) is 96.3 Å². The van der Waals surface area contributed by atoms with Gasteiger partial charge in [0.25, 0.3) is 0 Å². The standard InChI is InChI=1S/C45H65N3O7/c1-25(2)19-31-37-28(13-16-46(31)7)23-35(52-11)42(41(37)50)54-45-39-30(15-18-48(9)33(39)21-27(5)6)24-36(53-12)43(45)55-44-38-29(22-34(51-10)40(44)49)14-17-47(8)32(38)20-26(3)4/h22-27,31-33,49-50H,13-21H2,1-12H3/t31-,32-,33-/m0/s1. The summed E-state index contributed by atoms with van der Waals surface area (Å²) in [6, 6.07) is 6.06. The molecule has 2 N–H and O–H groups in total. The highest BCUT2D eigenvalue weighted by molar-refractivity contribution is 5.69. The van der Waals surface area contributed by atoms with Crippen LogP contribution in [0.2, 0.25) is 0 Å². The lowest BCUT2D eigenvalue weighted by Gasteiger charge is -2.39. The lowest BCUT2D eigenvalue weighted by Crippen LogP contribution is -2.34. The van der Waals surface area contributed by atoms with Gasteiger partial charge in [0.2, 0.25) is 17.2 Å². The van der Waals surface area contributed by atoms with E-state index in [1.807, 2.05) is 12.1 Å². The highest BCUT2D eigenvalue weighted by Crippen LogP contribution is 2.58. The molecular weight excluding hydrogens is 695 g/mol. The van der Waals surface area contributed by atoms with Gasteiger partial charge in [-0.1, -0.05) is 41.5 Å². The summed E-state index contributed by atoms with van der Waals surface area (Å²) in [5.41, 5.74) is 6.06. The summed E-state index contributed by atoms with van der Waals surface area (Å²) >= 11 is 0. The van der Waals surface area contributed by atoms with Gasteiger partial charge in [-0.2, -0.15) is 0 Å². The molecule has 3 aromatic rings. The Balaban J connectivity index is 1.64. The molecule has 3 aliphatic heterocycles. The largest absolute Gasteiger partial charge is 0.504 e. The average Bonchev–Trinajstić information content (AvgIpc) is 3.13. The van der Waals surface area contributed by atoms with Crippen LogP contribution in [0, 0.1) is 17.8 Å². The summed E-state index contributed by atoms with van der Waals surface area (Å²) in [5.74, 6) is 3.88. The van der Waals surface area contributed by atoms with Crippen LogP contribution in [0.15, 0.2) is 18.2 Å². The maximum atomic E-state index is 12.4. The Morgan fingerprint density at radius 2 is 0.873 bits per heavy atom. The van der Waals surface area contributed by atoms with Crippen molar-refractivity contribution in [3.05, 3.63) is 51.6 Å². The molecule has 6 rings (SSSR count). The summed E-state index contributed by atoms with van der Waals surface area (Å²) in [7, 11) is 11.2. The van der Waals surface area contributed by atoms with Crippen molar-refractivity contribution in [2.75, 3.05) is 62.1 Å². The first kappa shape index (κ1) is 40.8. The second-order valence-electron chi connectivity index (χ2n) is 17.3. The van der Waals surface area contributed by atoms with Crippen LogP contribution in [0.5, 0.6) is 51.7 Å². The van der Waals surface area contributed by atoms with Gasteiger partial charge in [-0.05, 0) is 112 Å². The molecule has 3 atom stereocenters. The van der Waals surface area contributed by atoms with Crippen LogP contribution in [0.4, 0.5) is 0 Å². The molecule has 0 bridgehead atoms. The predicted molar refractivity (Wildman–Crippen MR) is 218 cm³/mol. The number of phenolic OH excluding ortho intramolecular Hbond substituents is 2. The molecule has 3 aromatic carbocycles. The summed E-state index contributed by atoms with van der Waals surface area (Å²) < 4.78 is 32.3. The maximum absolute atomic E-state index is 12.4. The van der Waals surface area contributed by atoms with E-state index >= 15 is 0 Å². The first-order valence-corrected chi connectivity index (χ1v) is 20.2. The van der Waals surface area contributed by atoms with E-state index in [0.717, 1.165) is 91.5 Å². The quantitative estimate of drug-likeness (QED) is 0.176. The zero-order valence-electron chi connectivity index (χ0n) is 35.3. The van der Waals surface area contributed by atoms with Crippen LogP contribution in [-0.4, -0.2) is 87.0 Å². The van der Waals surface area contributed by atoms with E-state index in [9.17, 15) is 10.2 Å². The first-order valence-electron chi connectivity index (χ1n) is 20.2. The summed E-state index contributed by atoms with van der Waals surface area (Å²) in [6.07, 6.45) is 5.00. The Labute approximate surface area is 329 Å². The molecule has 0 aliphatic carbocycles. The number of likely N-dealkylation sites (N-methyl/N-ethyl adjacent to an activating group) is 3. The molecular formula is C45H65N3O7. The molecule has 10 nitrogen and oxygen atoms in total. The minimum atomic E-state index is -0.0688. The first-order chi connectivity index (χ1) is 26.2. The van der Waals surface area contributed by atoms with Crippen molar-refractivity contribution in [1.29, 1.82) is 0 Å². The molecule has 0 spiro atoms. The van der Waals surface area contributed by atoms with Crippen molar-refractivity contribution in [3.8, 4) is 51.7 Å². The van der Waals surface area contributed by atoms with Gasteiger partial charge >= 0.3 is 0 Å². The fourth-order valence-electron chi connectivity index (χ4n) is 9.10. The van der Waals surface area contributed by atoms with Gasteiger partial charge in [-0.3, -0.25) is 14.7 Å². The van der Waals surface area contributed by atoms with Gasteiger partial charge in [0.1, 0.15) is 0 Å². The van der Waals surface area contributed by atoms with E-state index in [1.165, 1.54) is 0 Å². The Bertz CT molecular complexity index is 1860. The number of hydrogen-bond acceptors (Lipinski definition) is 10. The third-order valence-electron chi connectivity index (χ3n) is 12.0. The molecule has 302 valence electrons. The van der Waals surface area contributed by atoms with Crippen molar-refractivity contribution in [2.45, 2.75) is 98.2 Å². The van der Waals surface area contributed by atoms with Crippen LogP contribution >= 0.6 is 0 Å². The van der Waals surface area contributed by atoms with Crippen LogP contribution in [0.25, 0.3) is 0 Å². The fourth-order valence-corrected chi connectivity index (χ4v) is 9.10. The van der Waals surface area contributed by atoms with E-state index < -0.39 is 0 Å². The van der Waals surface area contributed by atoms with Crippen molar-refractivity contribution in [3.63, 3.8) is 0 Å². The predicted octanol–water partition coefficient (Wildman–Crippen LogP) is 9.43. The molecule has 0 unspecified atom stereocenters. The van der Waals surface area contributed by atoms with Gasteiger partial charge in [-0.15, -0.1) is 0 Å². The number of fused-ring (bicyclic) bond motifs is 3. The van der Waals surface area contributed by atoms with Gasteiger partial charge in [-0.25, -0.2) is 0 Å². The highest BCUT2D eigenvalue weighted by atomic mass is 16.6. The van der Waals surface area contributed by atoms with Gasteiger partial charge in [0.15, 0.2) is 34.5 Å². The third-order valence-corrected chi connectivity index (χ3v) is 12.0. The Morgan fingerprint density at radius 1 is 0.509 bits per heavy atom. The maximum Gasteiger partial charge on any atom is 0.212 e. The summed E-state index contributed by atoms with van der Waals surface area (Å²) in [4.78, 5) is 7.05. The van der Waals surface area contributed by atoms with E-state index in [-0.39, 0.29) is 35.4 Å². The Hall–Kier alpha value is -3.86. The van der Waals surface area contributed by atoms with Crippen molar-refractivity contribution in [1.82, 2.24) is 14.7 Å². The molecule has 0 saturated heterocycles. The number of phenols is 2. The second kappa shape index (κ2) is 16.7. The number of ether oxygens (including phenoxy) is 5. The van der Waals surface area contributed by atoms with Crippen LogP contribution < -0.4 is 23.7 Å². The zero-order valence-corrected chi connectivity index (χ0v) is 35.3. The number of nitrogens with zero attached hydrogens (tertiary/aromatic N) is 3. The molecule has 3 heterocycles. The van der Waals surface area contributed by atoms with E-state index in [0.29, 0.717) is 52.3 Å². The molecule has 10 heteroatoms. The molecule has 55 heavy (non-hydrogen) atoms. The number of aromatic hydroxyl groups is 2. The van der Waals surface area contributed by atoms with Crippen LogP contribution in [0.1, 0.15) is 112 Å². The molecule has 0 saturated carbocycles. The fraction of sp³-hybridized carbons (Fsp3) is 0.600. The minimum Gasteiger partial charge on any atom is -0.504 e. The summed E-state index contributed by atoms with van der Waals surface area (Å²) in [5, 5.41) is 24.4. The number of hydrogen-bond donors (Lipinski definition) is 2. The number of rotatable bonds is 13. The van der Waals surface area contributed by atoms with Gasteiger partial charge in [0.05, 0.1) is 21.3 Å². The lowest BCUT2D eigenvalue weighted by atomic mass is 9.85. The molecule has 0 amide bonds. The van der Waals surface area contributed by atoms with E-state index in [1.54, 1.807) is 21.3 Å². The third kappa shape index (κ3) is 7.92. The van der Waals surface area contributed by atoms with E-state index in [2.05, 4.69) is 83.5 Å². The average molecular weight is 760 g/mol. The van der Waals surface area contributed by atoms with Gasteiger partial charge < -0.3 is 33.9 Å². The second-order valence-corrected chi connectivity index (χ2v) is 17.3. The monoisotopic (exact) mass is 759 g/mol. The SMILES string of the molecule is COc1cc2c(c(Oc3c(OC)cc4c(c3Oc3c(OC)cc5c(c3O)[C@H](CC(C)C)N(C)CC5)[C@H](CC(C)C)N(C)CC4)c1O)[C@H](CC(C)C)N(C)CC2. The zero-order chi connectivity index (χ0) is 39.9. The normalized spacial score (nSPS) is 20.4. The molecule has 0 radical (unpaired) electrons. The lowest BCUT2D eigenvalue weighted by molar-refractivity contribution is 0.191. The Morgan fingerprint density at radius 3 is 1.31 bits per heavy atom.